The number of azide groups is 1. The molecule has 0 unspecified atom stereocenters. The van der Waals surface area contributed by atoms with Crippen LogP contribution in [0.1, 0.15) is 5.69 Å². The molecule has 0 aliphatic carbocycles. The van der Waals surface area contributed by atoms with E-state index in [2.05, 4.69) is 58.6 Å². The summed E-state index contributed by atoms with van der Waals surface area (Å²) >= 11 is 6.61. The van der Waals surface area contributed by atoms with Gasteiger partial charge in [0.1, 0.15) is 12.3 Å². The second-order valence-corrected chi connectivity index (χ2v) is 6.65. The zero-order chi connectivity index (χ0) is 20.8. The maximum atomic E-state index is 8.82. The first-order valence-electron chi connectivity index (χ1n) is 7.67. The van der Waals surface area contributed by atoms with Crippen molar-refractivity contribution >= 4 is 88.9 Å². The molecule has 0 spiro atoms. The molecule has 3 rings (SSSR count). The molecule has 0 bridgehead atoms. The van der Waals surface area contributed by atoms with E-state index < -0.39 is 0 Å². The van der Waals surface area contributed by atoms with Crippen molar-refractivity contribution in [1.82, 2.24) is 15.0 Å². The Morgan fingerprint density at radius 2 is 1.57 bits per heavy atom. The summed E-state index contributed by atoms with van der Waals surface area (Å²) in [6, 6.07) is 14.8. The molecule has 12 heteroatoms. The quantitative estimate of drug-likeness (QED) is 0.148. The molecule has 0 aliphatic heterocycles. The van der Waals surface area contributed by atoms with Gasteiger partial charge in [-0.25, -0.2) is 4.68 Å². The van der Waals surface area contributed by atoms with Crippen LogP contribution in [0.5, 0.6) is 0 Å². The van der Waals surface area contributed by atoms with Gasteiger partial charge in [0.25, 0.3) is 0 Å². The zero-order valence-electron chi connectivity index (χ0n) is 16.1. The van der Waals surface area contributed by atoms with Gasteiger partial charge in [-0.2, -0.15) is 0 Å². The average Bonchev–Trinajstić information content (AvgIpc) is 3.20. The molecule has 0 saturated carbocycles. The summed E-state index contributed by atoms with van der Waals surface area (Å²) in [6.07, 6.45) is 6.23. The number of benzene rings is 2. The number of terminal acetylenes is 1. The van der Waals surface area contributed by atoms with Crippen molar-refractivity contribution in [1.29, 1.82) is 0 Å². The van der Waals surface area contributed by atoms with Crippen LogP contribution in [0, 0.1) is 12.3 Å². The normalized spacial score (nSPS) is 8.37. The third-order valence-corrected chi connectivity index (χ3v) is 3.93. The van der Waals surface area contributed by atoms with E-state index >= 15 is 0 Å². The Morgan fingerprint density at radius 1 is 1.07 bits per heavy atom. The predicted octanol–water partition coefficient (Wildman–Crippen LogP) is 4.14. The summed E-state index contributed by atoms with van der Waals surface area (Å²) in [7, 11) is 0. The molecular formula is C18H16Br2KN6O2Y. The number of hydrogen-bond donors (Lipinski definition) is 2. The second kappa shape index (κ2) is 19.7. The number of nitrogens with zero attached hydrogens (tertiary/aromatic N) is 6. The molecule has 0 aliphatic rings. The van der Waals surface area contributed by atoms with Crippen molar-refractivity contribution in [2.75, 3.05) is 6.61 Å². The van der Waals surface area contributed by atoms with Gasteiger partial charge in [-0.1, -0.05) is 60.2 Å². The van der Waals surface area contributed by atoms with Crippen LogP contribution < -0.4 is 0 Å². The second-order valence-electron chi connectivity index (χ2n) is 4.82. The minimum Gasteiger partial charge on any atom is -0.390 e. The van der Waals surface area contributed by atoms with Crippen LogP contribution in [0.3, 0.4) is 0 Å². The number of aliphatic hydroxyl groups excluding tert-OH is 2. The molecule has 30 heavy (non-hydrogen) atoms. The summed E-state index contributed by atoms with van der Waals surface area (Å²) in [5, 5.41) is 27.5. The fourth-order valence-electron chi connectivity index (χ4n) is 1.65. The Labute approximate surface area is 259 Å². The van der Waals surface area contributed by atoms with Crippen molar-refractivity contribution in [3.8, 4) is 18.0 Å². The van der Waals surface area contributed by atoms with Crippen LogP contribution in [-0.2, 0) is 39.3 Å². The largest absolute Gasteiger partial charge is 0.390 e. The Morgan fingerprint density at radius 3 is 1.97 bits per heavy atom. The minimum atomic E-state index is -0.153. The Bertz CT molecular complexity index is 943. The summed E-state index contributed by atoms with van der Waals surface area (Å²) in [5.74, 6) is 1.99. The van der Waals surface area contributed by atoms with Gasteiger partial charge in [0.2, 0.25) is 0 Å². The Balaban J connectivity index is 0. The van der Waals surface area contributed by atoms with Crippen LogP contribution in [0.25, 0.3) is 16.1 Å². The first-order chi connectivity index (χ1) is 13.5. The number of rotatable bonds is 3. The maximum Gasteiger partial charge on any atom is 0.109 e. The molecule has 2 aromatic carbocycles. The van der Waals surface area contributed by atoms with Crippen molar-refractivity contribution in [3.63, 3.8) is 0 Å². The summed E-state index contributed by atoms with van der Waals surface area (Å²) < 4.78 is 3.62. The van der Waals surface area contributed by atoms with E-state index in [9.17, 15) is 0 Å². The van der Waals surface area contributed by atoms with Crippen LogP contribution in [-0.4, -0.2) is 83.2 Å². The molecule has 1 aromatic heterocycles. The maximum absolute atomic E-state index is 8.82. The van der Waals surface area contributed by atoms with E-state index in [1.54, 1.807) is 23.0 Å². The molecule has 0 atom stereocenters. The smallest absolute Gasteiger partial charge is 0.109 e. The standard InChI is InChI=1S/C9H8BrN3O.C6H4BrN3.C3H4O.K.Y/c10-7-1-3-9(4-2-7)13-5-8(6-14)11-12-13;7-5-1-3-6(4-2-5)9-10-8;1-2-3-4;;/h1-5,14H,6H2;1-4H;1,4H,3H2;;. The van der Waals surface area contributed by atoms with Gasteiger partial charge in [-0.3, -0.25) is 0 Å². The van der Waals surface area contributed by atoms with E-state index in [0.29, 0.717) is 11.4 Å². The number of aliphatic hydroxyl groups is 2. The molecule has 8 nitrogen and oxygen atoms in total. The minimum absolute atomic E-state index is 0. The van der Waals surface area contributed by atoms with E-state index in [0.717, 1.165) is 14.6 Å². The predicted molar refractivity (Wildman–Crippen MR) is 120 cm³/mol. The van der Waals surface area contributed by atoms with Gasteiger partial charge in [0.15, 0.2) is 0 Å². The molecule has 2 radical (unpaired) electrons. The van der Waals surface area contributed by atoms with E-state index in [1.807, 2.05) is 42.3 Å². The number of aromatic nitrogens is 3. The third-order valence-electron chi connectivity index (χ3n) is 2.87. The molecular weight excluding hydrogens is 620 g/mol. The summed E-state index contributed by atoms with van der Waals surface area (Å²) in [6.45, 7) is -0.240. The monoisotopic (exact) mass is 634 g/mol. The fourth-order valence-corrected chi connectivity index (χ4v) is 2.18. The molecule has 2 N–H and O–H groups in total. The van der Waals surface area contributed by atoms with Crippen molar-refractivity contribution in [3.05, 3.63) is 79.8 Å². The van der Waals surface area contributed by atoms with E-state index in [1.165, 1.54) is 0 Å². The molecule has 0 saturated heterocycles. The van der Waals surface area contributed by atoms with Gasteiger partial charge in [0.05, 0.1) is 18.5 Å². The molecule has 0 amide bonds. The van der Waals surface area contributed by atoms with Crippen LogP contribution >= 0.6 is 31.9 Å². The van der Waals surface area contributed by atoms with Crippen LogP contribution in [0.2, 0.25) is 0 Å². The van der Waals surface area contributed by atoms with Gasteiger partial charge < -0.3 is 10.2 Å². The first kappa shape index (κ1) is 32.3. The summed E-state index contributed by atoms with van der Waals surface area (Å²) in [5.41, 5.74) is 10.1. The van der Waals surface area contributed by atoms with Crippen molar-refractivity contribution in [2.24, 2.45) is 5.11 Å². The average molecular weight is 636 g/mol. The van der Waals surface area contributed by atoms with Crippen LogP contribution in [0.4, 0.5) is 5.69 Å². The zero-order valence-corrected chi connectivity index (χ0v) is 25.2. The third kappa shape index (κ3) is 13.5. The fraction of sp³-hybridized carbons (Fsp3) is 0.111. The van der Waals surface area contributed by atoms with E-state index in [4.69, 9.17) is 15.7 Å². The molecule has 148 valence electrons. The topological polar surface area (TPSA) is 120 Å². The SMILES string of the molecule is C#CCO.OCc1cn(-c2ccc(Br)cc2)nn1.[K].[N-]=[N+]=Nc1ccc(Br)cc1.[Y]. The van der Waals surface area contributed by atoms with Gasteiger partial charge in [0, 0.05) is 104 Å². The van der Waals surface area contributed by atoms with Gasteiger partial charge >= 0.3 is 0 Å². The Kier molecular flexibility index (Phi) is 21.2. The summed E-state index contributed by atoms with van der Waals surface area (Å²) in [4.78, 5) is 2.65. The van der Waals surface area contributed by atoms with Gasteiger partial charge in [-0.05, 0) is 41.9 Å². The van der Waals surface area contributed by atoms with Gasteiger partial charge in [-0.15, -0.1) is 11.5 Å². The van der Waals surface area contributed by atoms with Crippen molar-refractivity contribution in [2.45, 2.75) is 6.61 Å². The van der Waals surface area contributed by atoms with E-state index in [-0.39, 0.29) is 97.3 Å². The number of hydrogen-bond acceptors (Lipinski definition) is 5. The molecule has 1 heterocycles. The first-order valence-corrected chi connectivity index (χ1v) is 9.25. The molecule has 0 fully saturated rings. The van der Waals surface area contributed by atoms with Crippen LogP contribution in [0.15, 0.2) is 68.8 Å². The number of halogens is 2. The molecule has 3 aromatic rings. The van der Waals surface area contributed by atoms with Crippen molar-refractivity contribution < 1.29 is 42.9 Å². The Hall–Kier alpha value is 0.0703.